The maximum Gasteiger partial charge on any atom is 0.0220 e. The molecule has 0 bridgehead atoms. The molecule has 1 rings (SSSR count). The van der Waals surface area contributed by atoms with Gasteiger partial charge in [-0.25, -0.2) is 0 Å². The maximum absolute atomic E-state index is 3.58. The summed E-state index contributed by atoms with van der Waals surface area (Å²) in [5.74, 6) is 0.921. The van der Waals surface area contributed by atoms with Crippen molar-refractivity contribution in [1.82, 2.24) is 10.2 Å². The quantitative estimate of drug-likeness (QED) is 0.700. The first-order chi connectivity index (χ1) is 8.31. The van der Waals surface area contributed by atoms with Crippen molar-refractivity contribution >= 4 is 0 Å². The average molecular weight is 240 g/mol. The molecule has 0 radical (unpaired) electrons. The van der Waals surface area contributed by atoms with Crippen molar-refractivity contribution < 1.29 is 0 Å². The van der Waals surface area contributed by atoms with Gasteiger partial charge in [-0.3, -0.25) is 0 Å². The second kappa shape index (κ2) is 8.93. The molecule has 1 aliphatic rings. The second-order valence-electron chi connectivity index (χ2n) is 5.59. The number of nitrogens with zero attached hydrogens (tertiary/aromatic N) is 1. The molecule has 0 aromatic carbocycles. The van der Waals surface area contributed by atoms with Gasteiger partial charge in [0.05, 0.1) is 0 Å². The lowest BCUT2D eigenvalue weighted by Gasteiger charge is -2.34. The first kappa shape index (κ1) is 15.0. The Kier molecular flexibility index (Phi) is 7.87. The molecule has 1 atom stereocenters. The summed E-state index contributed by atoms with van der Waals surface area (Å²) in [6.45, 7) is 8.36. The molecule has 17 heavy (non-hydrogen) atoms. The van der Waals surface area contributed by atoms with Gasteiger partial charge in [0, 0.05) is 12.6 Å². The van der Waals surface area contributed by atoms with Crippen LogP contribution in [0, 0.1) is 5.92 Å². The molecule has 0 aromatic heterocycles. The highest BCUT2D eigenvalue weighted by Crippen LogP contribution is 2.26. The van der Waals surface area contributed by atoms with E-state index < -0.39 is 0 Å². The molecule has 1 unspecified atom stereocenters. The van der Waals surface area contributed by atoms with Gasteiger partial charge in [-0.1, -0.05) is 33.1 Å². The Morgan fingerprint density at radius 3 is 2.12 bits per heavy atom. The van der Waals surface area contributed by atoms with Crippen LogP contribution < -0.4 is 5.32 Å². The van der Waals surface area contributed by atoms with Crippen LogP contribution in [0.5, 0.6) is 0 Å². The molecule has 0 spiro atoms. The Hall–Kier alpha value is -0.0800. The van der Waals surface area contributed by atoms with Gasteiger partial charge in [-0.2, -0.15) is 0 Å². The standard InChI is InChI=1S/C15H32N2/c1-4-11-17(12-5-2)13-15(16-3)14-9-7-6-8-10-14/h14-16H,4-13H2,1-3H3. The Morgan fingerprint density at radius 2 is 1.65 bits per heavy atom. The van der Waals surface area contributed by atoms with Crippen LogP contribution in [0.2, 0.25) is 0 Å². The summed E-state index contributed by atoms with van der Waals surface area (Å²) in [5.41, 5.74) is 0. The third-order valence-electron chi connectivity index (χ3n) is 4.12. The Labute approximate surface area is 108 Å². The monoisotopic (exact) mass is 240 g/mol. The summed E-state index contributed by atoms with van der Waals surface area (Å²) in [4.78, 5) is 2.65. The zero-order valence-corrected chi connectivity index (χ0v) is 12.2. The van der Waals surface area contributed by atoms with Crippen molar-refractivity contribution in [2.24, 2.45) is 5.92 Å². The fourth-order valence-corrected chi connectivity index (χ4v) is 3.22. The van der Waals surface area contributed by atoms with Crippen LogP contribution in [0.25, 0.3) is 0 Å². The molecule has 1 fully saturated rings. The second-order valence-corrected chi connectivity index (χ2v) is 5.59. The molecule has 102 valence electrons. The molecule has 0 amide bonds. The summed E-state index contributed by atoms with van der Waals surface area (Å²) in [6, 6.07) is 0.716. The van der Waals surface area contributed by atoms with Crippen molar-refractivity contribution in [2.75, 3.05) is 26.7 Å². The van der Waals surface area contributed by atoms with E-state index >= 15 is 0 Å². The van der Waals surface area contributed by atoms with Crippen molar-refractivity contribution in [1.29, 1.82) is 0 Å². The van der Waals surface area contributed by atoms with E-state index in [1.807, 2.05) is 0 Å². The van der Waals surface area contributed by atoms with Gasteiger partial charge in [0.25, 0.3) is 0 Å². The zero-order valence-electron chi connectivity index (χ0n) is 12.2. The van der Waals surface area contributed by atoms with Crippen molar-refractivity contribution in [3.63, 3.8) is 0 Å². The third kappa shape index (κ3) is 5.39. The lowest BCUT2D eigenvalue weighted by Crippen LogP contribution is -2.45. The molecule has 2 nitrogen and oxygen atoms in total. The van der Waals surface area contributed by atoms with Crippen LogP contribution in [0.1, 0.15) is 58.8 Å². The number of hydrogen-bond acceptors (Lipinski definition) is 2. The minimum absolute atomic E-state index is 0.716. The van der Waals surface area contributed by atoms with E-state index in [4.69, 9.17) is 0 Å². The van der Waals surface area contributed by atoms with Crippen LogP contribution in [0.3, 0.4) is 0 Å². The van der Waals surface area contributed by atoms with E-state index in [2.05, 4.69) is 31.1 Å². The molecular weight excluding hydrogens is 208 g/mol. The van der Waals surface area contributed by atoms with Gasteiger partial charge in [0.2, 0.25) is 0 Å². The average Bonchev–Trinajstić information content (AvgIpc) is 2.37. The van der Waals surface area contributed by atoms with E-state index in [9.17, 15) is 0 Å². The minimum Gasteiger partial charge on any atom is -0.315 e. The predicted molar refractivity (Wildman–Crippen MR) is 76.4 cm³/mol. The van der Waals surface area contributed by atoms with Crippen LogP contribution in [0.4, 0.5) is 0 Å². The maximum atomic E-state index is 3.58. The van der Waals surface area contributed by atoms with E-state index in [0.717, 1.165) is 5.92 Å². The van der Waals surface area contributed by atoms with E-state index in [1.165, 1.54) is 64.6 Å². The normalized spacial score (nSPS) is 19.8. The van der Waals surface area contributed by atoms with Gasteiger partial charge in [0.15, 0.2) is 0 Å². The summed E-state index contributed by atoms with van der Waals surface area (Å²) < 4.78 is 0. The highest BCUT2D eigenvalue weighted by atomic mass is 15.1. The number of nitrogens with one attached hydrogen (secondary N) is 1. The van der Waals surface area contributed by atoms with E-state index in [1.54, 1.807) is 0 Å². The number of likely N-dealkylation sites (N-methyl/N-ethyl adjacent to an activating group) is 1. The van der Waals surface area contributed by atoms with Gasteiger partial charge >= 0.3 is 0 Å². The van der Waals surface area contributed by atoms with Crippen LogP contribution >= 0.6 is 0 Å². The first-order valence-electron chi connectivity index (χ1n) is 7.71. The highest BCUT2D eigenvalue weighted by Gasteiger charge is 2.23. The predicted octanol–water partition coefficient (Wildman–Crippen LogP) is 3.28. The van der Waals surface area contributed by atoms with Gasteiger partial charge in [0.1, 0.15) is 0 Å². The highest BCUT2D eigenvalue weighted by molar-refractivity contribution is 4.81. The summed E-state index contributed by atoms with van der Waals surface area (Å²) in [7, 11) is 2.15. The summed E-state index contributed by atoms with van der Waals surface area (Å²) in [5, 5.41) is 3.58. The van der Waals surface area contributed by atoms with Crippen LogP contribution in [0.15, 0.2) is 0 Å². The summed E-state index contributed by atoms with van der Waals surface area (Å²) >= 11 is 0. The largest absolute Gasteiger partial charge is 0.315 e. The molecule has 0 aliphatic heterocycles. The Morgan fingerprint density at radius 1 is 1.06 bits per heavy atom. The van der Waals surface area contributed by atoms with Gasteiger partial charge in [-0.05, 0) is 51.7 Å². The Balaban J connectivity index is 2.41. The molecule has 1 aliphatic carbocycles. The van der Waals surface area contributed by atoms with Crippen molar-refractivity contribution in [2.45, 2.75) is 64.8 Å². The third-order valence-corrected chi connectivity index (χ3v) is 4.12. The lowest BCUT2D eigenvalue weighted by atomic mass is 9.83. The molecule has 0 aromatic rings. The molecule has 1 saturated carbocycles. The number of hydrogen-bond donors (Lipinski definition) is 1. The molecule has 0 saturated heterocycles. The number of rotatable bonds is 8. The fraction of sp³-hybridized carbons (Fsp3) is 1.00. The molecule has 2 heteroatoms. The molecule has 1 N–H and O–H groups in total. The molecular formula is C15H32N2. The topological polar surface area (TPSA) is 15.3 Å². The van der Waals surface area contributed by atoms with Crippen LogP contribution in [-0.2, 0) is 0 Å². The van der Waals surface area contributed by atoms with Crippen molar-refractivity contribution in [3.05, 3.63) is 0 Å². The summed E-state index contributed by atoms with van der Waals surface area (Å²) in [6.07, 6.45) is 9.80. The van der Waals surface area contributed by atoms with E-state index in [0.29, 0.717) is 6.04 Å². The lowest BCUT2D eigenvalue weighted by molar-refractivity contribution is 0.188. The zero-order chi connectivity index (χ0) is 12.5. The van der Waals surface area contributed by atoms with Gasteiger partial charge in [-0.15, -0.1) is 0 Å². The fourth-order valence-electron chi connectivity index (χ4n) is 3.22. The van der Waals surface area contributed by atoms with E-state index in [-0.39, 0.29) is 0 Å². The first-order valence-corrected chi connectivity index (χ1v) is 7.71. The smallest absolute Gasteiger partial charge is 0.0220 e. The molecule has 0 heterocycles. The Bertz CT molecular complexity index is 170. The minimum atomic E-state index is 0.716. The van der Waals surface area contributed by atoms with Crippen molar-refractivity contribution in [3.8, 4) is 0 Å². The van der Waals surface area contributed by atoms with Crippen LogP contribution in [-0.4, -0.2) is 37.6 Å². The SMILES string of the molecule is CCCN(CCC)CC(NC)C1CCCCC1. The van der Waals surface area contributed by atoms with Gasteiger partial charge < -0.3 is 10.2 Å².